The number of hydrogen-bond donors (Lipinski definition) is 1. The van der Waals surface area contributed by atoms with Crippen LogP contribution in [0.1, 0.15) is 48.1 Å². The van der Waals surface area contributed by atoms with Crippen LogP contribution in [0, 0.1) is 6.92 Å². The predicted octanol–water partition coefficient (Wildman–Crippen LogP) is 5.47. The van der Waals surface area contributed by atoms with Gasteiger partial charge in [-0.3, -0.25) is 14.5 Å². The average molecular weight is 456 g/mol. The van der Waals surface area contributed by atoms with Crippen molar-refractivity contribution < 1.29 is 24.2 Å². The highest BCUT2D eigenvalue weighted by Gasteiger charge is 2.47. The van der Waals surface area contributed by atoms with Crippen LogP contribution in [0.15, 0.2) is 72.3 Å². The molecule has 3 aromatic carbocycles. The minimum atomic E-state index is -0.789. The SMILES string of the molecule is Cc1ccc(/C(O)=C2\C(=O)C(=O)N(c3ccc4c(c3)OCO4)C2c2ccc(C(C)C)cc2)cc1. The van der Waals surface area contributed by atoms with E-state index in [-0.39, 0.29) is 18.1 Å². The zero-order chi connectivity index (χ0) is 24.0. The van der Waals surface area contributed by atoms with Gasteiger partial charge in [-0.15, -0.1) is 0 Å². The number of hydrogen-bond acceptors (Lipinski definition) is 5. The Morgan fingerprint density at radius 1 is 0.941 bits per heavy atom. The van der Waals surface area contributed by atoms with Crippen molar-refractivity contribution in [3.8, 4) is 11.5 Å². The largest absolute Gasteiger partial charge is 0.507 e. The quantitative estimate of drug-likeness (QED) is 0.321. The van der Waals surface area contributed by atoms with Crippen LogP contribution in [0.4, 0.5) is 5.69 Å². The molecule has 5 rings (SSSR count). The van der Waals surface area contributed by atoms with Crippen LogP contribution in [-0.2, 0) is 9.59 Å². The summed E-state index contributed by atoms with van der Waals surface area (Å²) in [7, 11) is 0. The number of fused-ring (bicyclic) bond motifs is 1. The third kappa shape index (κ3) is 3.61. The molecule has 34 heavy (non-hydrogen) atoms. The minimum absolute atomic E-state index is 0.0591. The van der Waals surface area contributed by atoms with E-state index in [2.05, 4.69) is 13.8 Å². The number of carbonyl (C=O) groups excluding carboxylic acids is 2. The number of ketones is 1. The topological polar surface area (TPSA) is 76.1 Å². The molecule has 1 atom stereocenters. The lowest BCUT2D eigenvalue weighted by atomic mass is 9.93. The van der Waals surface area contributed by atoms with Gasteiger partial charge in [0.05, 0.1) is 11.6 Å². The van der Waals surface area contributed by atoms with E-state index in [4.69, 9.17) is 9.47 Å². The predicted molar refractivity (Wildman–Crippen MR) is 129 cm³/mol. The molecule has 1 amide bonds. The van der Waals surface area contributed by atoms with Crippen molar-refractivity contribution in [3.63, 3.8) is 0 Å². The molecule has 1 unspecified atom stereocenters. The van der Waals surface area contributed by atoms with Gasteiger partial charge in [-0.2, -0.15) is 0 Å². The summed E-state index contributed by atoms with van der Waals surface area (Å²) in [6.07, 6.45) is 0. The standard InChI is InChI=1S/C28H25NO5/c1-16(2)18-8-10-19(11-9-18)25-24(26(30)20-6-4-17(3)5-7-20)27(31)28(32)29(25)21-12-13-22-23(14-21)34-15-33-22/h4-14,16,25,30H,15H2,1-3H3/b26-24+. The number of nitrogens with zero attached hydrogens (tertiary/aromatic N) is 1. The Morgan fingerprint density at radius 3 is 2.29 bits per heavy atom. The van der Waals surface area contributed by atoms with Crippen molar-refractivity contribution in [1.82, 2.24) is 0 Å². The Morgan fingerprint density at radius 2 is 1.62 bits per heavy atom. The summed E-state index contributed by atoms with van der Waals surface area (Å²) in [6.45, 7) is 6.25. The molecule has 1 saturated heterocycles. The number of aryl methyl sites for hydroxylation is 1. The summed E-state index contributed by atoms with van der Waals surface area (Å²) in [6, 6.07) is 19.4. The van der Waals surface area contributed by atoms with Gasteiger partial charge in [-0.05, 0) is 36.1 Å². The number of Topliss-reactive ketones (excluding diaryl/α,β-unsaturated/α-hetero) is 1. The zero-order valence-electron chi connectivity index (χ0n) is 19.2. The van der Waals surface area contributed by atoms with Gasteiger partial charge in [-0.25, -0.2) is 0 Å². The van der Waals surface area contributed by atoms with Crippen LogP contribution in [0.2, 0.25) is 0 Å². The molecule has 0 saturated carbocycles. The highest BCUT2D eigenvalue weighted by molar-refractivity contribution is 6.51. The van der Waals surface area contributed by atoms with Crippen LogP contribution < -0.4 is 14.4 Å². The number of aliphatic hydroxyl groups is 1. The molecule has 1 N–H and O–H groups in total. The molecule has 2 aliphatic heterocycles. The Labute approximate surface area is 198 Å². The minimum Gasteiger partial charge on any atom is -0.507 e. The van der Waals surface area contributed by atoms with E-state index in [9.17, 15) is 14.7 Å². The second-order valence-electron chi connectivity index (χ2n) is 8.89. The summed E-state index contributed by atoms with van der Waals surface area (Å²) in [5.41, 5.74) is 3.93. The third-order valence-electron chi connectivity index (χ3n) is 6.32. The lowest BCUT2D eigenvalue weighted by Crippen LogP contribution is -2.29. The normalized spacial score (nSPS) is 18.7. The van der Waals surface area contributed by atoms with Crippen LogP contribution in [-0.4, -0.2) is 23.6 Å². The average Bonchev–Trinajstić information content (AvgIpc) is 3.41. The number of ether oxygens (including phenoxy) is 2. The van der Waals surface area contributed by atoms with Crippen LogP contribution >= 0.6 is 0 Å². The lowest BCUT2D eigenvalue weighted by molar-refractivity contribution is -0.132. The van der Waals surface area contributed by atoms with Gasteiger partial charge in [-0.1, -0.05) is 67.9 Å². The van der Waals surface area contributed by atoms with Crippen molar-refractivity contribution >= 4 is 23.1 Å². The Bertz CT molecular complexity index is 1310. The lowest BCUT2D eigenvalue weighted by Gasteiger charge is -2.26. The van der Waals surface area contributed by atoms with Crippen LogP contribution in [0.25, 0.3) is 5.76 Å². The monoisotopic (exact) mass is 455 g/mol. The molecule has 0 bridgehead atoms. The summed E-state index contributed by atoms with van der Waals surface area (Å²) in [5.74, 6) is -0.204. The van der Waals surface area contributed by atoms with Gasteiger partial charge >= 0.3 is 0 Å². The molecule has 0 spiro atoms. The molecular weight excluding hydrogens is 430 g/mol. The first-order valence-corrected chi connectivity index (χ1v) is 11.2. The summed E-state index contributed by atoms with van der Waals surface area (Å²) in [4.78, 5) is 28.0. The molecule has 172 valence electrons. The highest BCUT2D eigenvalue weighted by Crippen LogP contribution is 2.45. The molecule has 0 aromatic heterocycles. The van der Waals surface area contributed by atoms with Crippen molar-refractivity contribution in [1.29, 1.82) is 0 Å². The molecule has 3 aromatic rings. The van der Waals surface area contributed by atoms with Crippen LogP contribution in [0.5, 0.6) is 11.5 Å². The second kappa shape index (κ2) is 8.37. The molecule has 1 fully saturated rings. The van der Waals surface area contributed by atoms with Gasteiger partial charge < -0.3 is 14.6 Å². The molecule has 6 heteroatoms. The maximum atomic E-state index is 13.3. The van der Waals surface area contributed by atoms with Crippen molar-refractivity contribution in [2.45, 2.75) is 32.7 Å². The first-order valence-electron chi connectivity index (χ1n) is 11.2. The van der Waals surface area contributed by atoms with Gasteiger partial charge in [0.25, 0.3) is 11.7 Å². The fraction of sp³-hybridized carbons (Fsp3) is 0.214. The number of anilines is 1. The highest BCUT2D eigenvalue weighted by atomic mass is 16.7. The van der Waals surface area contributed by atoms with Gasteiger partial charge in [0.2, 0.25) is 6.79 Å². The van der Waals surface area contributed by atoms with Gasteiger partial charge in [0.15, 0.2) is 11.5 Å². The van der Waals surface area contributed by atoms with Crippen LogP contribution in [0.3, 0.4) is 0 Å². The molecule has 2 heterocycles. The third-order valence-corrected chi connectivity index (χ3v) is 6.32. The first kappa shape index (κ1) is 21.8. The summed E-state index contributed by atoms with van der Waals surface area (Å²) in [5, 5.41) is 11.2. The van der Waals surface area contributed by atoms with Crippen molar-refractivity contribution in [3.05, 3.63) is 94.6 Å². The number of rotatable bonds is 4. The molecule has 0 radical (unpaired) electrons. The molecule has 2 aliphatic rings. The number of benzene rings is 3. The van der Waals surface area contributed by atoms with Gasteiger partial charge in [0, 0.05) is 17.3 Å². The molecule has 0 aliphatic carbocycles. The van der Waals surface area contributed by atoms with Gasteiger partial charge in [0.1, 0.15) is 5.76 Å². The van der Waals surface area contributed by atoms with E-state index in [0.29, 0.717) is 28.7 Å². The Balaban J connectivity index is 1.69. The Kier molecular flexibility index (Phi) is 5.36. The van der Waals surface area contributed by atoms with E-state index in [0.717, 1.165) is 16.7 Å². The molecule has 6 nitrogen and oxygen atoms in total. The van der Waals surface area contributed by atoms with E-state index in [1.165, 1.54) is 4.90 Å². The van der Waals surface area contributed by atoms with E-state index in [1.54, 1.807) is 30.3 Å². The number of amides is 1. The van der Waals surface area contributed by atoms with E-state index in [1.807, 2.05) is 43.3 Å². The summed E-state index contributed by atoms with van der Waals surface area (Å²) >= 11 is 0. The van der Waals surface area contributed by atoms with E-state index >= 15 is 0 Å². The number of aliphatic hydroxyl groups excluding tert-OH is 1. The maximum Gasteiger partial charge on any atom is 0.300 e. The zero-order valence-corrected chi connectivity index (χ0v) is 19.2. The fourth-order valence-electron chi connectivity index (χ4n) is 4.38. The Hall–Kier alpha value is -4.06. The van der Waals surface area contributed by atoms with Crippen molar-refractivity contribution in [2.75, 3.05) is 11.7 Å². The summed E-state index contributed by atoms with van der Waals surface area (Å²) < 4.78 is 10.9. The number of carbonyl (C=O) groups is 2. The molecular formula is C28H25NO5. The smallest absolute Gasteiger partial charge is 0.300 e. The van der Waals surface area contributed by atoms with Crippen molar-refractivity contribution in [2.24, 2.45) is 0 Å². The van der Waals surface area contributed by atoms with E-state index < -0.39 is 17.7 Å². The second-order valence-corrected chi connectivity index (χ2v) is 8.89. The fourth-order valence-corrected chi connectivity index (χ4v) is 4.38. The maximum absolute atomic E-state index is 13.3. The first-order chi connectivity index (χ1) is 16.3.